The van der Waals surface area contributed by atoms with E-state index in [0.717, 1.165) is 0 Å². The van der Waals surface area contributed by atoms with Gasteiger partial charge < -0.3 is 5.32 Å². The minimum Gasteiger partial charge on any atom is -0.366 e. The van der Waals surface area contributed by atoms with Crippen LogP contribution in [0.5, 0.6) is 0 Å². The standard InChI is InChI=1S/C26H33ClF5N3O3S/c1-22(2)20(19(36)5-4-10-26(30,31)32)33-21(34-22)24-14-25(15-24,16-24)35(13-17-6-8-18(27)9-7-17)39(37,38)12-11-23(3,28)29/h6-9,20H,4-5,10-16H2,1-3H3,(H,33,34)/t20-,24?,25?/m0/s1. The van der Waals surface area contributed by atoms with E-state index in [1.165, 1.54) is 4.31 Å². The van der Waals surface area contributed by atoms with Crippen LogP contribution in [0.15, 0.2) is 29.3 Å². The lowest BCUT2D eigenvalue weighted by Crippen LogP contribution is -2.78. The smallest absolute Gasteiger partial charge is 0.366 e. The molecule has 1 N–H and O–H groups in total. The number of rotatable bonds is 12. The van der Waals surface area contributed by atoms with Crippen LogP contribution in [-0.2, 0) is 21.4 Å². The zero-order valence-electron chi connectivity index (χ0n) is 22.0. The predicted molar refractivity (Wildman–Crippen MR) is 138 cm³/mol. The van der Waals surface area contributed by atoms with Crippen molar-refractivity contribution >= 4 is 33.2 Å². The molecule has 3 aliphatic carbocycles. The Labute approximate surface area is 230 Å². The summed E-state index contributed by atoms with van der Waals surface area (Å²) in [5.41, 5.74) is -1.37. The summed E-state index contributed by atoms with van der Waals surface area (Å²) in [6.45, 7) is 4.23. The molecule has 0 saturated heterocycles. The Balaban J connectivity index is 1.50. The van der Waals surface area contributed by atoms with E-state index in [1.807, 2.05) is 0 Å². The zero-order chi connectivity index (χ0) is 29.1. The molecule has 218 valence electrons. The van der Waals surface area contributed by atoms with E-state index in [2.05, 4.69) is 10.3 Å². The van der Waals surface area contributed by atoms with Gasteiger partial charge in [-0.05, 0) is 64.2 Å². The number of benzene rings is 1. The molecule has 1 heterocycles. The quantitative estimate of drug-likeness (QED) is 0.305. The molecule has 1 aliphatic heterocycles. The van der Waals surface area contributed by atoms with Crippen molar-refractivity contribution < 1.29 is 35.2 Å². The fourth-order valence-corrected chi connectivity index (χ4v) is 8.12. The summed E-state index contributed by atoms with van der Waals surface area (Å²) in [5.74, 6) is -3.64. The van der Waals surface area contributed by atoms with Crippen LogP contribution in [0.1, 0.15) is 71.3 Å². The van der Waals surface area contributed by atoms with Crippen molar-refractivity contribution in [2.75, 3.05) is 5.75 Å². The summed E-state index contributed by atoms with van der Waals surface area (Å²) in [4.78, 5) is 17.3. The summed E-state index contributed by atoms with van der Waals surface area (Å²) < 4.78 is 92.7. The van der Waals surface area contributed by atoms with Crippen LogP contribution in [0.3, 0.4) is 0 Å². The number of ketones is 1. The number of halogens is 6. The molecule has 6 nitrogen and oxygen atoms in total. The van der Waals surface area contributed by atoms with E-state index in [9.17, 15) is 35.2 Å². The van der Waals surface area contributed by atoms with Gasteiger partial charge in [-0.3, -0.25) is 9.79 Å². The number of hydrogen-bond donors (Lipinski definition) is 1. The molecule has 0 amide bonds. The van der Waals surface area contributed by atoms with Gasteiger partial charge in [-0.2, -0.15) is 17.5 Å². The number of hydrogen-bond acceptors (Lipinski definition) is 5. The number of Topliss-reactive ketones (excluding diaryl/α,β-unsaturated/α-hetero) is 1. The number of sulfonamides is 1. The van der Waals surface area contributed by atoms with Crippen molar-refractivity contribution in [3.05, 3.63) is 34.9 Å². The molecule has 0 unspecified atom stereocenters. The molecule has 13 heteroatoms. The highest BCUT2D eigenvalue weighted by molar-refractivity contribution is 7.89. The van der Waals surface area contributed by atoms with Gasteiger partial charge in [0.15, 0.2) is 5.78 Å². The highest BCUT2D eigenvalue weighted by Crippen LogP contribution is 2.71. The SMILES string of the molecule is CC(F)(F)CCS(=O)(=O)N(Cc1ccc(Cl)cc1)C12CC(C3=N[C@@H](C(=O)CCCC(F)(F)F)C(C)(C)N3)(C1)C2. The first-order chi connectivity index (χ1) is 17.8. The first-order valence-electron chi connectivity index (χ1n) is 12.8. The second-order valence-corrected chi connectivity index (χ2v) is 14.4. The van der Waals surface area contributed by atoms with Crippen LogP contribution in [0, 0.1) is 5.41 Å². The molecule has 0 radical (unpaired) electrons. The van der Waals surface area contributed by atoms with Gasteiger partial charge in [-0.1, -0.05) is 23.7 Å². The average Bonchev–Trinajstić information content (AvgIpc) is 3.04. The molecule has 0 spiro atoms. The van der Waals surface area contributed by atoms with Gasteiger partial charge >= 0.3 is 6.18 Å². The van der Waals surface area contributed by atoms with Gasteiger partial charge in [0, 0.05) is 41.8 Å². The van der Waals surface area contributed by atoms with E-state index in [0.29, 0.717) is 42.6 Å². The molecule has 5 rings (SSSR count). The molecule has 3 fully saturated rings. The van der Waals surface area contributed by atoms with Crippen molar-refractivity contribution in [3.8, 4) is 0 Å². The maximum Gasteiger partial charge on any atom is 0.389 e. The van der Waals surface area contributed by atoms with Crippen LogP contribution in [0.25, 0.3) is 0 Å². The fourth-order valence-electron chi connectivity index (χ4n) is 6.03. The minimum absolute atomic E-state index is 0.0105. The van der Waals surface area contributed by atoms with Gasteiger partial charge in [0.25, 0.3) is 0 Å². The second kappa shape index (κ2) is 9.94. The number of carbonyl (C=O) groups is 1. The Bertz CT molecular complexity index is 1220. The molecule has 3 saturated carbocycles. The molecule has 39 heavy (non-hydrogen) atoms. The predicted octanol–water partition coefficient (Wildman–Crippen LogP) is 5.89. The van der Waals surface area contributed by atoms with E-state index < -0.39 is 63.3 Å². The van der Waals surface area contributed by atoms with Crippen LogP contribution in [-0.4, -0.2) is 59.3 Å². The minimum atomic E-state index is -4.33. The summed E-state index contributed by atoms with van der Waals surface area (Å²) >= 11 is 5.96. The first kappa shape index (κ1) is 30.2. The normalized spacial score (nSPS) is 27.9. The van der Waals surface area contributed by atoms with Gasteiger partial charge in [0.2, 0.25) is 15.9 Å². The molecule has 2 bridgehead atoms. The molecular weight excluding hydrogens is 565 g/mol. The molecule has 0 aromatic heterocycles. The Hall–Kier alpha value is -1.79. The summed E-state index contributed by atoms with van der Waals surface area (Å²) in [7, 11) is -4.05. The largest absolute Gasteiger partial charge is 0.389 e. The molecule has 1 atom stereocenters. The average molecular weight is 598 g/mol. The maximum absolute atomic E-state index is 13.6. The monoisotopic (exact) mass is 597 g/mol. The number of nitrogens with zero attached hydrogens (tertiary/aromatic N) is 2. The molecule has 1 aromatic carbocycles. The zero-order valence-corrected chi connectivity index (χ0v) is 23.6. The lowest BCUT2D eigenvalue weighted by molar-refractivity contribution is -0.151. The van der Waals surface area contributed by atoms with Crippen LogP contribution in [0.2, 0.25) is 5.02 Å². The van der Waals surface area contributed by atoms with Crippen molar-refractivity contribution in [3.63, 3.8) is 0 Å². The number of carbonyl (C=O) groups excluding carboxylic acids is 1. The van der Waals surface area contributed by atoms with E-state index in [4.69, 9.17) is 11.6 Å². The van der Waals surface area contributed by atoms with Gasteiger partial charge in [-0.25, -0.2) is 17.2 Å². The highest BCUT2D eigenvalue weighted by Gasteiger charge is 2.75. The van der Waals surface area contributed by atoms with Crippen molar-refractivity contribution in [1.82, 2.24) is 9.62 Å². The third kappa shape index (κ3) is 6.43. The van der Waals surface area contributed by atoms with E-state index in [1.54, 1.807) is 38.1 Å². The Morgan fingerprint density at radius 3 is 2.23 bits per heavy atom. The number of nitrogens with one attached hydrogen (secondary N) is 1. The summed E-state index contributed by atoms with van der Waals surface area (Å²) in [5, 5.41) is 3.75. The van der Waals surface area contributed by atoms with Crippen molar-refractivity contribution in [2.45, 2.75) is 101 Å². The lowest BCUT2D eigenvalue weighted by Gasteiger charge is -2.73. The highest BCUT2D eigenvalue weighted by atomic mass is 35.5. The maximum atomic E-state index is 13.6. The first-order valence-corrected chi connectivity index (χ1v) is 14.8. The van der Waals surface area contributed by atoms with Crippen LogP contribution < -0.4 is 5.32 Å². The lowest BCUT2D eigenvalue weighted by atomic mass is 9.38. The van der Waals surface area contributed by atoms with Crippen molar-refractivity contribution in [1.29, 1.82) is 0 Å². The Morgan fingerprint density at radius 2 is 1.69 bits per heavy atom. The molecular formula is C26H33ClF5N3O3S. The Kier molecular flexibility index (Phi) is 7.69. The van der Waals surface area contributed by atoms with E-state index in [-0.39, 0.29) is 25.2 Å². The topological polar surface area (TPSA) is 78.8 Å². The summed E-state index contributed by atoms with van der Waals surface area (Å²) in [6.07, 6.45) is -5.48. The number of alkyl halides is 5. The number of aliphatic imine (C=N–C) groups is 1. The summed E-state index contributed by atoms with van der Waals surface area (Å²) in [6, 6.07) is 5.82. The van der Waals surface area contributed by atoms with E-state index >= 15 is 0 Å². The Morgan fingerprint density at radius 1 is 1.10 bits per heavy atom. The second-order valence-electron chi connectivity index (χ2n) is 12.0. The molecule has 1 aromatic rings. The third-order valence-corrected chi connectivity index (χ3v) is 10.1. The number of amidine groups is 1. The van der Waals surface area contributed by atoms with Gasteiger partial charge in [-0.15, -0.1) is 0 Å². The van der Waals surface area contributed by atoms with Crippen molar-refractivity contribution in [2.24, 2.45) is 10.4 Å². The van der Waals surface area contributed by atoms with Crippen LogP contribution >= 0.6 is 11.6 Å². The van der Waals surface area contributed by atoms with Gasteiger partial charge in [0.05, 0.1) is 11.3 Å². The molecule has 4 aliphatic rings. The fraction of sp³-hybridized carbons (Fsp3) is 0.692. The third-order valence-electron chi connectivity index (χ3n) is 7.98. The van der Waals surface area contributed by atoms with Gasteiger partial charge in [0.1, 0.15) is 11.9 Å². The van der Waals surface area contributed by atoms with Crippen LogP contribution in [0.4, 0.5) is 22.0 Å².